The van der Waals surface area contributed by atoms with Crippen molar-refractivity contribution in [1.29, 1.82) is 0 Å². The Bertz CT molecular complexity index is 454. The molecule has 0 bridgehead atoms. The fraction of sp³-hybridized carbons (Fsp3) is 0.857. The van der Waals surface area contributed by atoms with Crippen molar-refractivity contribution < 1.29 is 8.78 Å². The van der Waals surface area contributed by atoms with Gasteiger partial charge in [-0.2, -0.15) is 5.10 Å². The number of aromatic nitrogens is 3. The molecule has 1 N–H and O–H groups in total. The van der Waals surface area contributed by atoms with Gasteiger partial charge in [-0.05, 0) is 25.7 Å². The van der Waals surface area contributed by atoms with Crippen molar-refractivity contribution in [2.24, 2.45) is 5.92 Å². The van der Waals surface area contributed by atoms with Gasteiger partial charge in [-0.15, -0.1) is 0 Å². The van der Waals surface area contributed by atoms with Crippen molar-refractivity contribution in [2.45, 2.75) is 57.4 Å². The van der Waals surface area contributed by atoms with Crippen LogP contribution in [0.2, 0.25) is 0 Å². The Morgan fingerprint density at radius 1 is 1.30 bits per heavy atom. The summed E-state index contributed by atoms with van der Waals surface area (Å²) >= 11 is 0. The van der Waals surface area contributed by atoms with Gasteiger partial charge in [0, 0.05) is 13.0 Å². The van der Waals surface area contributed by atoms with Crippen molar-refractivity contribution in [2.75, 3.05) is 13.1 Å². The number of H-pyrrole nitrogens is 1. The van der Waals surface area contributed by atoms with Crippen molar-refractivity contribution in [3.63, 3.8) is 0 Å². The first-order valence-corrected chi connectivity index (χ1v) is 7.54. The van der Waals surface area contributed by atoms with Crippen LogP contribution in [-0.4, -0.2) is 39.1 Å². The molecule has 0 aromatic carbocycles. The van der Waals surface area contributed by atoms with E-state index in [0.717, 1.165) is 6.54 Å². The minimum absolute atomic E-state index is 0.151. The molecule has 1 saturated carbocycles. The van der Waals surface area contributed by atoms with Gasteiger partial charge in [0.05, 0.1) is 12.6 Å². The van der Waals surface area contributed by atoms with E-state index in [4.69, 9.17) is 0 Å². The lowest BCUT2D eigenvalue weighted by Crippen LogP contribution is -2.32. The highest BCUT2D eigenvalue weighted by Gasteiger charge is 2.47. The van der Waals surface area contributed by atoms with E-state index in [1.807, 2.05) is 4.90 Å². The number of nitrogens with zero attached hydrogens (tertiary/aromatic N) is 3. The summed E-state index contributed by atoms with van der Waals surface area (Å²) in [5, 5.41) is 6.86. The molecule has 1 aliphatic heterocycles. The summed E-state index contributed by atoms with van der Waals surface area (Å²) in [7, 11) is 0. The fourth-order valence-corrected chi connectivity index (χ4v) is 3.54. The highest BCUT2D eigenvalue weighted by molar-refractivity contribution is 5.03. The smallest absolute Gasteiger partial charge is 0.262 e. The predicted molar refractivity (Wildman–Crippen MR) is 71.6 cm³/mol. The lowest BCUT2D eigenvalue weighted by atomic mass is 9.89. The molecule has 20 heavy (non-hydrogen) atoms. The standard InChI is InChI=1S/C14H22F2N4/c1-10-17-13(19-18-10)12-7-14(15,16)9-20(12)8-11-5-3-2-4-6-11/h11-12H,2-9H2,1H3,(H,17,18,19)/t12-/m0/s1. The van der Waals surface area contributed by atoms with Crippen LogP contribution in [0.4, 0.5) is 8.78 Å². The molecular formula is C14H22F2N4. The van der Waals surface area contributed by atoms with Gasteiger partial charge in [-0.25, -0.2) is 13.8 Å². The molecule has 3 rings (SSSR count). The molecule has 6 heteroatoms. The topological polar surface area (TPSA) is 44.8 Å². The number of rotatable bonds is 3. The Balaban J connectivity index is 1.72. The van der Waals surface area contributed by atoms with Gasteiger partial charge in [0.2, 0.25) is 0 Å². The second kappa shape index (κ2) is 5.39. The first-order valence-electron chi connectivity index (χ1n) is 7.54. The molecule has 0 unspecified atom stereocenters. The molecule has 1 aliphatic carbocycles. The summed E-state index contributed by atoms with van der Waals surface area (Å²) < 4.78 is 27.6. The van der Waals surface area contributed by atoms with Crippen LogP contribution < -0.4 is 0 Å². The van der Waals surface area contributed by atoms with E-state index in [1.54, 1.807) is 6.92 Å². The molecule has 112 valence electrons. The monoisotopic (exact) mass is 284 g/mol. The number of aromatic amines is 1. The zero-order chi connectivity index (χ0) is 14.2. The number of alkyl halides is 2. The largest absolute Gasteiger partial charge is 0.287 e. The summed E-state index contributed by atoms with van der Waals surface area (Å²) in [6.07, 6.45) is 5.94. The van der Waals surface area contributed by atoms with Crippen molar-refractivity contribution >= 4 is 0 Å². The summed E-state index contributed by atoms with van der Waals surface area (Å²) in [6.45, 7) is 2.41. The first-order chi connectivity index (χ1) is 9.53. The summed E-state index contributed by atoms with van der Waals surface area (Å²) in [6, 6.07) is -0.336. The van der Waals surface area contributed by atoms with Crippen molar-refractivity contribution in [3.05, 3.63) is 11.6 Å². The van der Waals surface area contributed by atoms with E-state index in [1.165, 1.54) is 32.1 Å². The minimum atomic E-state index is -2.62. The molecule has 4 nitrogen and oxygen atoms in total. The molecule has 1 saturated heterocycles. The van der Waals surface area contributed by atoms with Gasteiger partial charge in [-0.1, -0.05) is 19.3 Å². The number of hydrogen-bond acceptors (Lipinski definition) is 3. The van der Waals surface area contributed by atoms with Crippen LogP contribution in [0.1, 0.15) is 56.2 Å². The molecule has 1 aromatic rings. The van der Waals surface area contributed by atoms with Crippen LogP contribution >= 0.6 is 0 Å². The third kappa shape index (κ3) is 3.00. The van der Waals surface area contributed by atoms with Crippen LogP contribution in [0.5, 0.6) is 0 Å². The summed E-state index contributed by atoms with van der Waals surface area (Å²) in [5.41, 5.74) is 0. The van der Waals surface area contributed by atoms with Gasteiger partial charge in [0.1, 0.15) is 5.82 Å². The quantitative estimate of drug-likeness (QED) is 0.927. The zero-order valence-corrected chi connectivity index (χ0v) is 11.9. The molecule has 1 aromatic heterocycles. The summed E-state index contributed by atoms with van der Waals surface area (Å²) in [4.78, 5) is 6.16. The van der Waals surface area contributed by atoms with Crippen LogP contribution in [0.15, 0.2) is 0 Å². The second-order valence-corrected chi connectivity index (χ2v) is 6.29. The van der Waals surface area contributed by atoms with Gasteiger partial charge in [-0.3, -0.25) is 10.00 Å². The average molecular weight is 284 g/mol. The molecule has 2 fully saturated rings. The Morgan fingerprint density at radius 3 is 2.70 bits per heavy atom. The molecule has 1 atom stereocenters. The highest BCUT2D eigenvalue weighted by atomic mass is 19.3. The zero-order valence-electron chi connectivity index (χ0n) is 11.9. The lowest BCUT2D eigenvalue weighted by molar-refractivity contribution is 0.0102. The van der Waals surface area contributed by atoms with Gasteiger partial charge in [0.25, 0.3) is 5.92 Å². The maximum absolute atomic E-state index is 13.8. The number of aryl methyl sites for hydroxylation is 1. The molecule has 0 radical (unpaired) electrons. The van der Waals surface area contributed by atoms with Crippen LogP contribution in [0.3, 0.4) is 0 Å². The average Bonchev–Trinajstić information content (AvgIpc) is 2.94. The number of hydrogen-bond donors (Lipinski definition) is 1. The minimum Gasteiger partial charge on any atom is -0.287 e. The van der Waals surface area contributed by atoms with E-state index in [2.05, 4.69) is 15.2 Å². The lowest BCUT2D eigenvalue weighted by Gasteiger charge is -2.29. The molecule has 2 heterocycles. The Hall–Kier alpha value is -1.04. The Kier molecular flexibility index (Phi) is 3.75. The maximum atomic E-state index is 13.8. The molecule has 0 spiro atoms. The third-order valence-corrected chi connectivity index (χ3v) is 4.50. The van der Waals surface area contributed by atoms with Crippen LogP contribution in [0, 0.1) is 12.8 Å². The number of likely N-dealkylation sites (tertiary alicyclic amines) is 1. The molecule has 2 aliphatic rings. The van der Waals surface area contributed by atoms with E-state index in [9.17, 15) is 8.78 Å². The van der Waals surface area contributed by atoms with Gasteiger partial charge >= 0.3 is 0 Å². The number of nitrogens with one attached hydrogen (secondary N) is 1. The highest BCUT2D eigenvalue weighted by Crippen LogP contribution is 2.41. The Labute approximate surface area is 118 Å². The predicted octanol–water partition coefficient (Wildman–Crippen LogP) is 3.08. The molecular weight excluding hydrogens is 262 g/mol. The van der Waals surface area contributed by atoms with E-state index in [0.29, 0.717) is 17.6 Å². The third-order valence-electron chi connectivity index (χ3n) is 4.50. The SMILES string of the molecule is Cc1nc([C@@H]2CC(F)(F)CN2CC2CCCCC2)n[nH]1. The second-order valence-electron chi connectivity index (χ2n) is 6.29. The first kappa shape index (κ1) is 13.9. The van der Waals surface area contributed by atoms with Crippen molar-refractivity contribution in [3.8, 4) is 0 Å². The maximum Gasteiger partial charge on any atom is 0.262 e. The van der Waals surface area contributed by atoms with E-state index < -0.39 is 5.92 Å². The van der Waals surface area contributed by atoms with Crippen molar-refractivity contribution in [1.82, 2.24) is 20.1 Å². The Morgan fingerprint density at radius 2 is 2.05 bits per heavy atom. The van der Waals surface area contributed by atoms with Gasteiger partial charge < -0.3 is 0 Å². The van der Waals surface area contributed by atoms with Crippen LogP contribution in [0.25, 0.3) is 0 Å². The fourth-order valence-electron chi connectivity index (χ4n) is 3.54. The van der Waals surface area contributed by atoms with Crippen LogP contribution in [-0.2, 0) is 0 Å². The van der Waals surface area contributed by atoms with Gasteiger partial charge in [0.15, 0.2) is 5.82 Å². The number of halogens is 2. The molecule has 0 amide bonds. The normalized spacial score (nSPS) is 28.1. The summed E-state index contributed by atoms with van der Waals surface area (Å²) in [5.74, 6) is -0.850. The van der Waals surface area contributed by atoms with E-state index >= 15 is 0 Å². The van der Waals surface area contributed by atoms with E-state index in [-0.39, 0.29) is 19.0 Å².